The molecule has 0 aromatic heterocycles. The van der Waals surface area contributed by atoms with Crippen molar-refractivity contribution in [1.29, 1.82) is 0 Å². The van der Waals surface area contributed by atoms with Crippen molar-refractivity contribution in [3.63, 3.8) is 0 Å². The average molecular weight is 965 g/mol. The van der Waals surface area contributed by atoms with E-state index in [0.29, 0.717) is 22.3 Å². The highest BCUT2D eigenvalue weighted by atomic mass is 16.8. The molecule has 0 bridgehead atoms. The first-order valence-electron chi connectivity index (χ1n) is 23.1. The van der Waals surface area contributed by atoms with Crippen molar-refractivity contribution in [2.24, 2.45) is 0 Å². The quantitative estimate of drug-likeness (QED) is 0.0705. The number of hydrogen-bond donors (Lipinski definition) is 7. The predicted octanol–water partition coefficient (Wildman–Crippen LogP) is 3.59. The van der Waals surface area contributed by atoms with E-state index in [1.807, 2.05) is 60.7 Å². The molecule has 2 amide bonds. The van der Waals surface area contributed by atoms with E-state index >= 15 is 0 Å². The highest BCUT2D eigenvalue weighted by Gasteiger charge is 2.55. The van der Waals surface area contributed by atoms with Crippen LogP contribution >= 0.6 is 0 Å². The Morgan fingerprint density at radius 3 is 2.14 bits per heavy atom. The van der Waals surface area contributed by atoms with Crippen molar-refractivity contribution in [3.05, 3.63) is 160 Å². The predicted molar refractivity (Wildman–Crippen MR) is 252 cm³/mol. The topological polar surface area (TPSA) is 249 Å². The van der Waals surface area contributed by atoms with Crippen LogP contribution in [0.25, 0.3) is 6.08 Å². The molecule has 0 radical (unpaired) electrons. The number of esters is 2. The van der Waals surface area contributed by atoms with Crippen molar-refractivity contribution >= 4 is 29.8 Å². The third kappa shape index (κ3) is 12.8. The molecule has 1 aliphatic carbocycles. The fourth-order valence-corrected chi connectivity index (χ4v) is 8.35. The molecule has 4 aromatic carbocycles. The lowest BCUT2D eigenvalue weighted by molar-refractivity contribution is -0.298. The minimum absolute atomic E-state index is 0.00778. The number of aliphatic hydroxyl groups excluding tert-OH is 5. The maximum atomic E-state index is 14.1. The van der Waals surface area contributed by atoms with Gasteiger partial charge in [0.25, 0.3) is 5.91 Å². The van der Waals surface area contributed by atoms with Crippen LogP contribution in [0.15, 0.2) is 127 Å². The maximum absolute atomic E-state index is 14.1. The van der Waals surface area contributed by atoms with Gasteiger partial charge in [-0.25, -0.2) is 4.79 Å². The summed E-state index contributed by atoms with van der Waals surface area (Å²) < 4.78 is 36.1. The van der Waals surface area contributed by atoms with E-state index in [2.05, 4.69) is 10.6 Å². The van der Waals surface area contributed by atoms with Gasteiger partial charge in [0.2, 0.25) is 11.7 Å². The molecule has 0 saturated carbocycles. The number of carbonyl (C=O) groups excluding carboxylic acids is 4. The van der Waals surface area contributed by atoms with E-state index in [0.717, 1.165) is 0 Å². The number of nitrogens with one attached hydrogen (secondary N) is 2. The molecule has 2 heterocycles. The van der Waals surface area contributed by atoms with Gasteiger partial charge in [-0.1, -0.05) is 97.1 Å². The van der Waals surface area contributed by atoms with E-state index < -0.39 is 96.8 Å². The second-order valence-corrected chi connectivity index (χ2v) is 18.3. The molecule has 9 atom stereocenters. The highest BCUT2D eigenvalue weighted by Crippen LogP contribution is 2.47. The van der Waals surface area contributed by atoms with Crippen LogP contribution < -0.4 is 10.6 Å². The van der Waals surface area contributed by atoms with Gasteiger partial charge in [-0.15, -0.1) is 0 Å². The second-order valence-electron chi connectivity index (χ2n) is 18.3. The summed E-state index contributed by atoms with van der Waals surface area (Å²) in [7, 11) is 0. The molecule has 3 aliphatic rings. The van der Waals surface area contributed by atoms with Crippen LogP contribution in [0.2, 0.25) is 0 Å². The van der Waals surface area contributed by atoms with E-state index in [1.54, 1.807) is 87.5 Å². The van der Waals surface area contributed by atoms with E-state index in [9.17, 15) is 44.7 Å². The van der Waals surface area contributed by atoms with Crippen LogP contribution in [0, 0.1) is 0 Å². The number of benzene rings is 4. The van der Waals surface area contributed by atoms with Gasteiger partial charge in [-0.2, -0.15) is 0 Å². The number of fused-ring (bicyclic) bond motifs is 1. The minimum atomic E-state index is -1.56. The lowest BCUT2D eigenvalue weighted by Gasteiger charge is -2.39. The summed E-state index contributed by atoms with van der Waals surface area (Å²) in [6.45, 7) is 4.30. The Morgan fingerprint density at radius 2 is 1.50 bits per heavy atom. The highest BCUT2D eigenvalue weighted by molar-refractivity contribution is 5.95. The van der Waals surface area contributed by atoms with Crippen LogP contribution in [-0.2, 0) is 50.3 Å². The molecule has 4 aromatic rings. The molecule has 7 N–H and O–H groups in total. The number of ether oxygens (including phenoxy) is 6. The maximum Gasteiger partial charge on any atom is 0.338 e. The first kappa shape index (κ1) is 51.7. The Labute approximate surface area is 405 Å². The molecule has 70 heavy (non-hydrogen) atoms. The minimum Gasteiger partial charge on any atom is -0.460 e. The zero-order chi connectivity index (χ0) is 50.0. The standard InChI is InChI=1S/C53H60N2O15/c1-52(2,3)69-43(58)24-23-39(30-56)55-49(63)35-14-10-12-33(26-35)29-54-48(62)36-27-40(47-41(28-36)68-53(70-47,37-15-6-4-7-16-37)38-17-8-5-9-18-38)66-50(64)34-21-19-32(20-22-34)13-11-25-65-51-46(61)45(60)44(59)42(31-57)67-51/h4-22,26,28,39-42,44-47,51,56-57,59-61H,23-25,27,29-31H2,1-3H3,(H,54,62)(H,55,63). The number of aliphatic hydroxyl groups is 5. The lowest BCUT2D eigenvalue weighted by Crippen LogP contribution is -2.59. The van der Waals surface area contributed by atoms with Crippen molar-refractivity contribution in [2.45, 2.75) is 113 Å². The zero-order valence-corrected chi connectivity index (χ0v) is 39.1. The van der Waals surface area contributed by atoms with Crippen LogP contribution in [-0.4, -0.2) is 130 Å². The average Bonchev–Trinajstić information content (AvgIpc) is 3.77. The van der Waals surface area contributed by atoms with Gasteiger partial charge in [0, 0.05) is 41.6 Å². The summed E-state index contributed by atoms with van der Waals surface area (Å²) in [6.07, 6.45) is -4.47. The van der Waals surface area contributed by atoms with E-state index in [1.165, 1.54) is 0 Å². The largest absolute Gasteiger partial charge is 0.460 e. The van der Waals surface area contributed by atoms with Gasteiger partial charge in [0.05, 0.1) is 31.4 Å². The Balaban J connectivity index is 1.03. The number of rotatable bonds is 18. The fourth-order valence-electron chi connectivity index (χ4n) is 8.35. The Hall–Kier alpha value is -6.12. The monoisotopic (exact) mass is 964 g/mol. The fraction of sp³-hybridized carbons (Fsp3) is 0.396. The van der Waals surface area contributed by atoms with Gasteiger partial charge in [-0.3, -0.25) is 14.4 Å². The van der Waals surface area contributed by atoms with Crippen LogP contribution in [0.5, 0.6) is 0 Å². The molecule has 2 fully saturated rings. The molecule has 17 nitrogen and oxygen atoms in total. The Bertz CT molecular complexity index is 2430. The smallest absolute Gasteiger partial charge is 0.338 e. The molecule has 9 unspecified atom stereocenters. The third-order valence-corrected chi connectivity index (χ3v) is 11.9. The molecule has 2 saturated heterocycles. The molecular weight excluding hydrogens is 905 g/mol. The van der Waals surface area contributed by atoms with Gasteiger partial charge in [0.15, 0.2) is 6.29 Å². The van der Waals surface area contributed by atoms with E-state index in [4.69, 9.17) is 28.4 Å². The summed E-state index contributed by atoms with van der Waals surface area (Å²) in [5.74, 6) is -3.45. The van der Waals surface area contributed by atoms with Crippen LogP contribution in [0.3, 0.4) is 0 Å². The Morgan fingerprint density at radius 1 is 0.814 bits per heavy atom. The van der Waals surface area contributed by atoms with Crippen molar-refractivity contribution in [3.8, 4) is 0 Å². The van der Waals surface area contributed by atoms with Crippen molar-refractivity contribution in [1.82, 2.24) is 10.6 Å². The van der Waals surface area contributed by atoms with Gasteiger partial charge < -0.3 is 64.6 Å². The normalized spacial score (nSPS) is 24.5. The summed E-state index contributed by atoms with van der Waals surface area (Å²) in [5.41, 5.74) is 2.82. The third-order valence-electron chi connectivity index (χ3n) is 11.9. The van der Waals surface area contributed by atoms with Gasteiger partial charge in [-0.05, 0) is 68.7 Å². The van der Waals surface area contributed by atoms with E-state index in [-0.39, 0.29) is 55.7 Å². The Kier molecular flexibility index (Phi) is 17.1. The molecule has 17 heteroatoms. The molecule has 372 valence electrons. The molecule has 0 spiro atoms. The number of hydrogen-bond acceptors (Lipinski definition) is 15. The molecule has 2 aliphatic heterocycles. The van der Waals surface area contributed by atoms with Crippen molar-refractivity contribution in [2.75, 3.05) is 19.8 Å². The number of amides is 2. The zero-order valence-electron chi connectivity index (χ0n) is 39.1. The summed E-state index contributed by atoms with van der Waals surface area (Å²) in [4.78, 5) is 53.5. The summed E-state index contributed by atoms with van der Waals surface area (Å²) >= 11 is 0. The van der Waals surface area contributed by atoms with Crippen molar-refractivity contribution < 1.29 is 73.1 Å². The first-order chi connectivity index (χ1) is 33.6. The van der Waals surface area contributed by atoms with Crippen LogP contribution in [0.4, 0.5) is 0 Å². The van der Waals surface area contributed by atoms with Crippen LogP contribution in [0.1, 0.15) is 83.0 Å². The summed E-state index contributed by atoms with van der Waals surface area (Å²) in [5, 5.41) is 55.4. The van der Waals surface area contributed by atoms with Gasteiger partial charge in [0.1, 0.15) is 48.3 Å². The summed E-state index contributed by atoms with van der Waals surface area (Å²) in [6, 6.07) is 31.2. The number of carbonyl (C=O) groups is 4. The molecule has 7 rings (SSSR count). The SMILES string of the molecule is CC(C)(C)OC(=O)CCC(CO)NC(=O)c1cccc(CNC(=O)C2=CC3OC(c4ccccc4)(c4ccccc4)OC3C(OC(=O)c3ccc(C=CCOC4OC(CO)C(O)C(O)C4O)cc3)C2)c1. The first-order valence-corrected chi connectivity index (χ1v) is 23.1. The molecular formula is C53H60N2O15. The second kappa shape index (κ2) is 23.2. The lowest BCUT2D eigenvalue weighted by atomic mass is 9.91. The van der Waals surface area contributed by atoms with Gasteiger partial charge >= 0.3 is 11.9 Å².